The molecule has 0 aromatic heterocycles. The zero-order valence-electron chi connectivity index (χ0n) is 24.9. The second-order valence-corrected chi connectivity index (χ2v) is 15.1. The van der Waals surface area contributed by atoms with Gasteiger partial charge in [-0.2, -0.15) is 10.2 Å². The molecule has 8 nitrogen and oxygen atoms in total. The first-order valence-corrected chi connectivity index (χ1v) is 15.3. The van der Waals surface area contributed by atoms with E-state index in [0.717, 1.165) is 30.0 Å². The number of nitro groups is 1. The lowest BCUT2D eigenvalue weighted by molar-refractivity contribution is -0.384. The number of hydrogen-bond acceptors (Lipinski definition) is 7. The lowest BCUT2D eigenvalue weighted by Crippen LogP contribution is -2.33. The summed E-state index contributed by atoms with van der Waals surface area (Å²) in [5, 5.41) is 19.8. The van der Waals surface area contributed by atoms with Crippen LogP contribution in [0.2, 0.25) is 10.1 Å². The molecule has 2 aromatic carbocycles. The minimum Gasteiger partial charge on any atom is -0.415 e. The van der Waals surface area contributed by atoms with Crippen molar-refractivity contribution in [2.24, 2.45) is 22.1 Å². The molecule has 0 aliphatic heterocycles. The van der Waals surface area contributed by atoms with Crippen molar-refractivity contribution in [2.75, 3.05) is 31.2 Å². The van der Waals surface area contributed by atoms with E-state index >= 15 is 0 Å². The number of nitro benzene ring substituents is 1. The summed E-state index contributed by atoms with van der Waals surface area (Å²) in [6.45, 7) is 22.8. The summed E-state index contributed by atoms with van der Waals surface area (Å²) in [4.78, 5) is 12.7. The largest absolute Gasteiger partial charge is 0.415 e. The van der Waals surface area contributed by atoms with Crippen LogP contribution in [0.5, 0.6) is 0 Å². The number of rotatable bonds is 16. The van der Waals surface area contributed by atoms with E-state index in [1.807, 2.05) is 13.0 Å². The lowest BCUT2D eigenvalue weighted by Gasteiger charge is -2.30. The monoisotopic (exact) mass is 568 g/mol. The van der Waals surface area contributed by atoms with Gasteiger partial charge in [0.25, 0.3) is 5.69 Å². The SMILES string of the molecule is Cc1cc(N(CCO[Si]C(C)(C)C(C)C)CCO[Si]C(C)(C)C(C)C)ccc1N=Nc1ccc([N+](=O)[O-])cc1. The number of benzene rings is 2. The Morgan fingerprint density at radius 1 is 0.872 bits per heavy atom. The molecule has 0 aliphatic rings. The van der Waals surface area contributed by atoms with Crippen LogP contribution in [-0.4, -0.2) is 50.8 Å². The van der Waals surface area contributed by atoms with E-state index in [2.05, 4.69) is 82.7 Å². The summed E-state index contributed by atoms with van der Waals surface area (Å²) in [7, 11) is 0.892. The topological polar surface area (TPSA) is 89.6 Å². The number of nitrogens with zero attached hydrogens (tertiary/aromatic N) is 4. The van der Waals surface area contributed by atoms with Crippen molar-refractivity contribution in [1.29, 1.82) is 0 Å². The molecule has 0 spiro atoms. The van der Waals surface area contributed by atoms with Gasteiger partial charge in [-0.1, -0.05) is 55.4 Å². The molecular formula is C29H44N4O4Si2. The van der Waals surface area contributed by atoms with Gasteiger partial charge in [-0.15, -0.1) is 0 Å². The van der Waals surface area contributed by atoms with Gasteiger partial charge in [-0.3, -0.25) is 10.1 Å². The highest BCUT2D eigenvalue weighted by Gasteiger charge is 2.26. The second kappa shape index (κ2) is 14.8. The van der Waals surface area contributed by atoms with Gasteiger partial charge in [0.05, 0.1) is 29.5 Å². The van der Waals surface area contributed by atoms with Gasteiger partial charge in [0, 0.05) is 30.9 Å². The molecule has 0 saturated carbocycles. The van der Waals surface area contributed by atoms with Crippen LogP contribution in [0.4, 0.5) is 22.7 Å². The summed E-state index contributed by atoms with van der Waals surface area (Å²) in [6.07, 6.45) is 0. The number of hydrogen-bond donors (Lipinski definition) is 0. The molecule has 0 bridgehead atoms. The second-order valence-electron chi connectivity index (χ2n) is 11.6. The molecule has 4 radical (unpaired) electrons. The number of aryl methyl sites for hydroxylation is 1. The Bertz CT molecular complexity index is 1060. The van der Waals surface area contributed by atoms with E-state index < -0.39 is 4.92 Å². The zero-order chi connectivity index (χ0) is 29.2. The summed E-state index contributed by atoms with van der Waals surface area (Å²) < 4.78 is 12.3. The fourth-order valence-electron chi connectivity index (χ4n) is 3.09. The Balaban J connectivity index is 2.10. The van der Waals surface area contributed by atoms with Gasteiger partial charge < -0.3 is 13.8 Å². The van der Waals surface area contributed by atoms with Crippen LogP contribution in [0, 0.1) is 28.9 Å². The highest BCUT2D eigenvalue weighted by Crippen LogP contribution is 2.34. The van der Waals surface area contributed by atoms with E-state index in [1.165, 1.54) is 12.1 Å². The fraction of sp³-hybridized carbons (Fsp3) is 0.586. The van der Waals surface area contributed by atoms with Crippen molar-refractivity contribution in [2.45, 2.75) is 72.4 Å². The molecule has 0 fully saturated rings. The minimum atomic E-state index is -0.428. The summed E-state index contributed by atoms with van der Waals surface area (Å²) in [6, 6.07) is 12.2. The third kappa shape index (κ3) is 10.6. The highest BCUT2D eigenvalue weighted by molar-refractivity contribution is 6.32. The first-order valence-electron chi connectivity index (χ1n) is 13.5. The van der Waals surface area contributed by atoms with Gasteiger partial charge in [0.15, 0.2) is 0 Å². The smallest absolute Gasteiger partial charge is 0.269 e. The highest BCUT2D eigenvalue weighted by atomic mass is 28.2. The first kappa shape index (κ1) is 32.8. The van der Waals surface area contributed by atoms with Crippen molar-refractivity contribution >= 4 is 42.3 Å². The molecule has 10 heteroatoms. The Labute approximate surface area is 239 Å². The quantitative estimate of drug-likeness (QED) is 0.0671. The van der Waals surface area contributed by atoms with Crippen LogP contribution in [0.3, 0.4) is 0 Å². The standard InChI is InChI=1S/C29H44N4O4Si2/c1-21(2)28(6,7)38-36-18-16-32(17-19-37-39-29(8,9)22(3)4)26-14-15-27(23(5)20-26)31-30-24-10-12-25(13-11-24)33(34)35/h10-15,20-22H,16-19H2,1-9H3. The summed E-state index contributed by atoms with van der Waals surface area (Å²) in [5.74, 6) is 1.11. The molecule has 0 amide bonds. The van der Waals surface area contributed by atoms with Crippen LogP contribution in [-0.2, 0) is 8.85 Å². The number of anilines is 1. The van der Waals surface area contributed by atoms with E-state index in [9.17, 15) is 10.1 Å². The predicted molar refractivity (Wildman–Crippen MR) is 162 cm³/mol. The molecular weight excluding hydrogens is 525 g/mol. The van der Waals surface area contributed by atoms with E-state index in [4.69, 9.17) is 8.85 Å². The molecule has 0 heterocycles. The zero-order valence-corrected chi connectivity index (χ0v) is 26.9. The molecule has 0 atom stereocenters. The van der Waals surface area contributed by atoms with Crippen molar-refractivity contribution in [3.8, 4) is 0 Å². The molecule has 0 unspecified atom stereocenters. The first-order chi connectivity index (χ1) is 18.2. The molecule has 212 valence electrons. The van der Waals surface area contributed by atoms with Crippen LogP contribution < -0.4 is 4.90 Å². The lowest BCUT2D eigenvalue weighted by atomic mass is 9.99. The molecule has 0 saturated heterocycles. The third-order valence-corrected chi connectivity index (χ3v) is 10.3. The van der Waals surface area contributed by atoms with E-state index in [1.54, 1.807) is 12.1 Å². The maximum Gasteiger partial charge on any atom is 0.269 e. The minimum absolute atomic E-state index is 0.0316. The average Bonchev–Trinajstić information content (AvgIpc) is 2.87. The normalized spacial score (nSPS) is 12.6. The van der Waals surface area contributed by atoms with Gasteiger partial charge >= 0.3 is 0 Å². The van der Waals surface area contributed by atoms with Crippen LogP contribution in [0.15, 0.2) is 52.7 Å². The Morgan fingerprint density at radius 3 is 1.82 bits per heavy atom. The predicted octanol–water partition coefficient (Wildman–Crippen LogP) is 8.11. The Kier molecular flexibility index (Phi) is 12.5. The van der Waals surface area contributed by atoms with Gasteiger partial charge in [-0.05, 0) is 64.7 Å². The van der Waals surface area contributed by atoms with Crippen LogP contribution >= 0.6 is 0 Å². The van der Waals surface area contributed by atoms with Crippen molar-refractivity contribution < 1.29 is 13.8 Å². The van der Waals surface area contributed by atoms with Gasteiger partial charge in [-0.25, -0.2) is 0 Å². The van der Waals surface area contributed by atoms with Crippen molar-refractivity contribution in [3.63, 3.8) is 0 Å². The molecule has 0 aliphatic carbocycles. The van der Waals surface area contributed by atoms with E-state index in [0.29, 0.717) is 50.3 Å². The fourth-order valence-corrected chi connectivity index (χ4v) is 4.69. The van der Waals surface area contributed by atoms with Crippen LogP contribution in [0.25, 0.3) is 0 Å². The van der Waals surface area contributed by atoms with Crippen molar-refractivity contribution in [1.82, 2.24) is 0 Å². The molecule has 2 rings (SSSR count). The number of non-ortho nitro benzene ring substituents is 1. The molecule has 2 aromatic rings. The maximum atomic E-state index is 10.9. The Morgan fingerprint density at radius 2 is 1.38 bits per heavy atom. The van der Waals surface area contributed by atoms with Crippen LogP contribution in [0.1, 0.15) is 61.0 Å². The number of azo groups is 1. The summed E-state index contributed by atoms with van der Waals surface area (Å²) >= 11 is 0. The average molecular weight is 569 g/mol. The van der Waals surface area contributed by atoms with Crippen molar-refractivity contribution in [3.05, 3.63) is 58.1 Å². The van der Waals surface area contributed by atoms with E-state index in [-0.39, 0.29) is 15.8 Å². The maximum absolute atomic E-state index is 10.9. The molecule has 39 heavy (non-hydrogen) atoms. The third-order valence-electron chi connectivity index (χ3n) is 7.36. The molecule has 0 N–H and O–H groups in total. The van der Waals surface area contributed by atoms with Gasteiger partial charge in [0.2, 0.25) is 19.5 Å². The Hall–Kier alpha value is -2.41. The summed E-state index contributed by atoms with van der Waals surface area (Å²) in [5.41, 5.74) is 3.44. The van der Waals surface area contributed by atoms with Gasteiger partial charge in [0.1, 0.15) is 0 Å².